The SMILES string of the molecule is CC(C)C(=O)[C@@H](O)C(N)CO. The van der Waals surface area contributed by atoms with Gasteiger partial charge >= 0.3 is 0 Å². The molecule has 4 nitrogen and oxygen atoms in total. The molecule has 0 aliphatic carbocycles. The van der Waals surface area contributed by atoms with E-state index in [1.165, 1.54) is 0 Å². The molecule has 4 N–H and O–H groups in total. The first-order valence-corrected chi connectivity index (χ1v) is 3.59. The number of aliphatic hydroxyl groups is 2. The van der Waals surface area contributed by atoms with Gasteiger partial charge in [-0.05, 0) is 0 Å². The van der Waals surface area contributed by atoms with Gasteiger partial charge in [-0.1, -0.05) is 13.8 Å². The summed E-state index contributed by atoms with van der Waals surface area (Å²) in [6, 6.07) is -0.857. The Morgan fingerprint density at radius 3 is 2.27 bits per heavy atom. The van der Waals surface area contributed by atoms with Gasteiger partial charge < -0.3 is 15.9 Å². The molecule has 0 amide bonds. The zero-order valence-corrected chi connectivity index (χ0v) is 6.82. The summed E-state index contributed by atoms with van der Waals surface area (Å²) in [5.74, 6) is -0.575. The Hall–Kier alpha value is -0.450. The maximum Gasteiger partial charge on any atom is 0.165 e. The topological polar surface area (TPSA) is 83.5 Å². The van der Waals surface area contributed by atoms with Crippen LogP contribution < -0.4 is 5.73 Å². The van der Waals surface area contributed by atoms with Crippen molar-refractivity contribution in [3.63, 3.8) is 0 Å². The predicted octanol–water partition coefficient (Wildman–Crippen LogP) is -1.11. The lowest BCUT2D eigenvalue weighted by molar-refractivity contribution is -0.131. The van der Waals surface area contributed by atoms with Gasteiger partial charge in [0.05, 0.1) is 12.6 Å². The molecule has 0 aromatic carbocycles. The molecule has 4 heteroatoms. The highest BCUT2D eigenvalue weighted by molar-refractivity contribution is 5.85. The minimum atomic E-state index is -1.24. The molecule has 0 bridgehead atoms. The van der Waals surface area contributed by atoms with Crippen molar-refractivity contribution in [1.82, 2.24) is 0 Å². The van der Waals surface area contributed by atoms with Crippen molar-refractivity contribution >= 4 is 5.78 Å². The van der Waals surface area contributed by atoms with Crippen LogP contribution in [0.15, 0.2) is 0 Å². The van der Waals surface area contributed by atoms with Gasteiger partial charge in [0.1, 0.15) is 6.10 Å². The van der Waals surface area contributed by atoms with E-state index in [2.05, 4.69) is 0 Å². The molecule has 0 aliphatic heterocycles. The van der Waals surface area contributed by atoms with Crippen LogP contribution in [0.3, 0.4) is 0 Å². The average molecular weight is 161 g/mol. The molecule has 0 fully saturated rings. The van der Waals surface area contributed by atoms with Crippen LogP contribution in [-0.4, -0.2) is 34.7 Å². The van der Waals surface area contributed by atoms with Crippen molar-refractivity contribution in [2.24, 2.45) is 11.7 Å². The fraction of sp³-hybridized carbons (Fsp3) is 0.857. The summed E-state index contributed by atoms with van der Waals surface area (Å²) in [5, 5.41) is 17.6. The van der Waals surface area contributed by atoms with Crippen LogP contribution in [0.25, 0.3) is 0 Å². The normalized spacial score (nSPS) is 16.5. The first kappa shape index (κ1) is 10.6. The van der Waals surface area contributed by atoms with Gasteiger partial charge in [-0.25, -0.2) is 0 Å². The third-order valence-electron chi connectivity index (χ3n) is 1.48. The van der Waals surface area contributed by atoms with E-state index in [0.717, 1.165) is 0 Å². The Labute approximate surface area is 66.0 Å². The minimum Gasteiger partial charge on any atom is -0.395 e. The van der Waals surface area contributed by atoms with E-state index in [1.54, 1.807) is 13.8 Å². The minimum absolute atomic E-state index is 0.248. The molecule has 0 aromatic heterocycles. The second-order valence-corrected chi connectivity index (χ2v) is 2.85. The number of carbonyl (C=O) groups excluding carboxylic acids is 1. The summed E-state index contributed by atoms with van der Waals surface area (Å²) in [7, 11) is 0. The van der Waals surface area contributed by atoms with Crippen molar-refractivity contribution < 1.29 is 15.0 Å². The fourth-order valence-corrected chi connectivity index (χ4v) is 0.652. The number of hydrogen-bond acceptors (Lipinski definition) is 4. The zero-order valence-electron chi connectivity index (χ0n) is 6.82. The van der Waals surface area contributed by atoms with E-state index in [9.17, 15) is 4.79 Å². The van der Waals surface area contributed by atoms with Gasteiger partial charge in [-0.3, -0.25) is 4.79 Å². The molecule has 0 spiro atoms. The highest BCUT2D eigenvalue weighted by Gasteiger charge is 2.23. The Bertz CT molecular complexity index is 136. The molecule has 0 heterocycles. The number of rotatable bonds is 4. The van der Waals surface area contributed by atoms with Crippen LogP contribution in [0.5, 0.6) is 0 Å². The van der Waals surface area contributed by atoms with Crippen molar-refractivity contribution in [3.8, 4) is 0 Å². The molecule has 66 valence electrons. The maximum atomic E-state index is 11.0. The molecule has 0 aromatic rings. The smallest absolute Gasteiger partial charge is 0.165 e. The van der Waals surface area contributed by atoms with Gasteiger partial charge in [0.25, 0.3) is 0 Å². The molecule has 0 saturated carbocycles. The van der Waals surface area contributed by atoms with Crippen LogP contribution >= 0.6 is 0 Å². The van der Waals surface area contributed by atoms with Crippen LogP contribution in [0.1, 0.15) is 13.8 Å². The van der Waals surface area contributed by atoms with Gasteiger partial charge in [0.15, 0.2) is 5.78 Å². The average Bonchev–Trinajstić information content (AvgIpc) is 2.00. The van der Waals surface area contributed by atoms with Crippen LogP contribution in [-0.2, 0) is 4.79 Å². The van der Waals surface area contributed by atoms with E-state index in [0.29, 0.717) is 0 Å². The van der Waals surface area contributed by atoms with E-state index in [1.807, 2.05) is 0 Å². The lowest BCUT2D eigenvalue weighted by Gasteiger charge is -2.16. The summed E-state index contributed by atoms with van der Waals surface area (Å²) < 4.78 is 0. The molecular formula is C7H15NO3. The third-order valence-corrected chi connectivity index (χ3v) is 1.48. The second kappa shape index (κ2) is 4.43. The quantitative estimate of drug-likeness (QED) is 0.488. The number of Topliss-reactive ketones (excluding diaryl/α,β-unsaturated/α-hetero) is 1. The van der Waals surface area contributed by atoms with Crippen molar-refractivity contribution in [1.29, 1.82) is 0 Å². The monoisotopic (exact) mass is 161 g/mol. The van der Waals surface area contributed by atoms with E-state index in [-0.39, 0.29) is 18.3 Å². The fourth-order valence-electron chi connectivity index (χ4n) is 0.652. The maximum absolute atomic E-state index is 11.0. The van der Waals surface area contributed by atoms with Crippen LogP contribution in [0, 0.1) is 5.92 Å². The number of carbonyl (C=O) groups is 1. The Balaban J connectivity index is 4.02. The van der Waals surface area contributed by atoms with Crippen molar-refractivity contribution in [3.05, 3.63) is 0 Å². The lowest BCUT2D eigenvalue weighted by atomic mass is 9.99. The summed E-state index contributed by atoms with van der Waals surface area (Å²) in [4.78, 5) is 11.0. The number of nitrogens with two attached hydrogens (primary N) is 1. The number of aliphatic hydroxyl groups excluding tert-OH is 2. The lowest BCUT2D eigenvalue weighted by Crippen LogP contribution is -2.44. The first-order chi connectivity index (χ1) is 5.00. The number of hydrogen-bond donors (Lipinski definition) is 3. The molecule has 0 rings (SSSR count). The first-order valence-electron chi connectivity index (χ1n) is 3.59. The van der Waals surface area contributed by atoms with Gasteiger partial charge in [0, 0.05) is 5.92 Å². The molecule has 0 saturated heterocycles. The third kappa shape index (κ3) is 2.96. The summed E-state index contributed by atoms with van der Waals surface area (Å²) in [6.07, 6.45) is -1.24. The highest BCUT2D eigenvalue weighted by atomic mass is 16.3. The number of ketones is 1. The Kier molecular flexibility index (Phi) is 4.25. The standard InChI is InChI=1S/C7H15NO3/c1-4(2)6(10)7(11)5(8)3-9/h4-5,7,9,11H,3,8H2,1-2H3/t5?,7-/m0/s1. The predicted molar refractivity (Wildman–Crippen MR) is 40.9 cm³/mol. The molecular weight excluding hydrogens is 146 g/mol. The van der Waals surface area contributed by atoms with Gasteiger partial charge in [0.2, 0.25) is 0 Å². The van der Waals surface area contributed by atoms with Gasteiger partial charge in [-0.15, -0.1) is 0 Å². The molecule has 0 aliphatic rings. The summed E-state index contributed by atoms with van der Waals surface area (Å²) in [6.45, 7) is 2.98. The largest absolute Gasteiger partial charge is 0.395 e. The second-order valence-electron chi connectivity index (χ2n) is 2.85. The van der Waals surface area contributed by atoms with E-state index in [4.69, 9.17) is 15.9 Å². The van der Waals surface area contributed by atoms with Gasteiger partial charge in [-0.2, -0.15) is 0 Å². The van der Waals surface area contributed by atoms with Crippen molar-refractivity contribution in [2.75, 3.05) is 6.61 Å². The Morgan fingerprint density at radius 1 is 1.55 bits per heavy atom. The highest BCUT2D eigenvalue weighted by Crippen LogP contribution is 2.01. The molecule has 1 unspecified atom stereocenters. The van der Waals surface area contributed by atoms with Crippen LogP contribution in [0.2, 0.25) is 0 Å². The summed E-state index contributed by atoms with van der Waals surface area (Å²) in [5.41, 5.74) is 5.23. The van der Waals surface area contributed by atoms with Crippen LogP contribution in [0.4, 0.5) is 0 Å². The molecule has 0 radical (unpaired) electrons. The van der Waals surface area contributed by atoms with E-state index >= 15 is 0 Å². The zero-order chi connectivity index (χ0) is 9.02. The van der Waals surface area contributed by atoms with Crippen molar-refractivity contribution in [2.45, 2.75) is 26.0 Å². The summed E-state index contributed by atoms with van der Waals surface area (Å²) >= 11 is 0. The molecule has 11 heavy (non-hydrogen) atoms. The van der Waals surface area contributed by atoms with E-state index < -0.39 is 12.1 Å². The molecule has 2 atom stereocenters. The Morgan fingerprint density at radius 2 is 2.00 bits per heavy atom.